The second kappa shape index (κ2) is 8.39. The fourth-order valence-corrected chi connectivity index (χ4v) is 5.14. The Morgan fingerprint density at radius 3 is 2.56 bits per heavy atom. The van der Waals surface area contributed by atoms with E-state index in [-0.39, 0.29) is 16.9 Å². The summed E-state index contributed by atoms with van der Waals surface area (Å²) in [6, 6.07) is 15.9. The number of nitrogens with zero attached hydrogens (tertiary/aromatic N) is 2. The summed E-state index contributed by atoms with van der Waals surface area (Å²) in [7, 11) is 0. The van der Waals surface area contributed by atoms with E-state index in [0.29, 0.717) is 16.2 Å². The Labute approximate surface area is 198 Å². The molecular weight excluding hydrogens is 455 g/mol. The van der Waals surface area contributed by atoms with E-state index in [4.69, 9.17) is 0 Å². The van der Waals surface area contributed by atoms with Crippen molar-refractivity contribution in [2.75, 3.05) is 4.90 Å². The minimum atomic E-state index is -1.02. The van der Waals surface area contributed by atoms with Gasteiger partial charge in [-0.15, -0.1) is 0 Å². The molecule has 3 aromatic carbocycles. The van der Waals surface area contributed by atoms with Gasteiger partial charge in [-0.05, 0) is 66.1 Å². The van der Waals surface area contributed by atoms with E-state index < -0.39 is 29.3 Å². The quantitative estimate of drug-likeness (QED) is 0.237. The number of ketones is 1. The van der Waals surface area contributed by atoms with Gasteiger partial charge >= 0.3 is 5.91 Å². The van der Waals surface area contributed by atoms with Gasteiger partial charge in [-0.1, -0.05) is 36.5 Å². The van der Waals surface area contributed by atoms with Crippen LogP contribution in [0.5, 0.6) is 5.75 Å². The number of aliphatic hydroxyl groups is 1. The molecule has 1 atom stereocenters. The highest BCUT2D eigenvalue weighted by molar-refractivity contribution is 7.22. The number of fused-ring (bicyclic) bond motifs is 1. The van der Waals surface area contributed by atoms with Gasteiger partial charge in [0.25, 0.3) is 5.78 Å². The van der Waals surface area contributed by atoms with Gasteiger partial charge < -0.3 is 10.2 Å². The summed E-state index contributed by atoms with van der Waals surface area (Å²) in [5.41, 5.74) is 2.27. The molecule has 8 heteroatoms. The summed E-state index contributed by atoms with van der Waals surface area (Å²) >= 11 is 1.27. The van der Waals surface area contributed by atoms with Crippen LogP contribution < -0.4 is 4.90 Å². The number of phenols is 1. The molecule has 0 saturated carbocycles. The summed E-state index contributed by atoms with van der Waals surface area (Å²) < 4.78 is 14.3. The van der Waals surface area contributed by atoms with Crippen molar-refractivity contribution in [3.8, 4) is 5.75 Å². The Bertz CT molecular complexity index is 1480. The lowest BCUT2D eigenvalue weighted by Crippen LogP contribution is -2.29. The third kappa shape index (κ3) is 3.62. The molecule has 0 bridgehead atoms. The Hall–Kier alpha value is -4.04. The Kier molecular flexibility index (Phi) is 5.37. The highest BCUT2D eigenvalue weighted by Crippen LogP contribution is 2.44. The average Bonchev–Trinajstić information content (AvgIpc) is 3.36. The third-order valence-electron chi connectivity index (χ3n) is 5.80. The van der Waals surface area contributed by atoms with E-state index in [1.54, 1.807) is 12.1 Å². The number of carbonyl (C=O) groups is 2. The summed E-state index contributed by atoms with van der Waals surface area (Å²) in [4.78, 5) is 32.3. The maximum absolute atomic E-state index is 13.4. The van der Waals surface area contributed by atoms with Crippen molar-refractivity contribution < 1.29 is 24.2 Å². The zero-order chi connectivity index (χ0) is 24.0. The maximum atomic E-state index is 13.4. The molecule has 1 aliphatic heterocycles. The molecule has 34 heavy (non-hydrogen) atoms. The Morgan fingerprint density at radius 2 is 1.85 bits per heavy atom. The lowest BCUT2D eigenvalue weighted by atomic mass is 9.95. The standard InChI is InChI=1S/C26H19FN2O4S/c1-2-14-6-11-19-20(12-14)34-26(28-19)29-22(16-4-3-5-18(30)13-16)21(24(32)25(29)33)23(31)15-7-9-17(27)10-8-15/h3-13,22,30-31H,2H2,1H3/b23-21+/t22-/m0/s1. The summed E-state index contributed by atoms with van der Waals surface area (Å²) in [6.45, 7) is 2.04. The molecule has 1 aliphatic rings. The van der Waals surface area contributed by atoms with Crippen LogP contribution in [0.2, 0.25) is 0 Å². The number of aromatic nitrogens is 1. The van der Waals surface area contributed by atoms with E-state index in [1.807, 2.05) is 25.1 Å². The first-order valence-corrected chi connectivity index (χ1v) is 11.4. The van der Waals surface area contributed by atoms with Crippen molar-refractivity contribution in [3.63, 3.8) is 0 Å². The summed E-state index contributed by atoms with van der Waals surface area (Å²) in [5, 5.41) is 21.4. The number of phenolic OH excluding ortho intramolecular Hbond substituents is 1. The largest absolute Gasteiger partial charge is 0.508 e. The molecule has 0 unspecified atom stereocenters. The Morgan fingerprint density at radius 1 is 1.09 bits per heavy atom. The number of Topliss-reactive ketones (excluding diaryl/α,β-unsaturated/α-hetero) is 1. The van der Waals surface area contributed by atoms with Crippen molar-refractivity contribution in [2.45, 2.75) is 19.4 Å². The molecule has 6 nitrogen and oxygen atoms in total. The van der Waals surface area contributed by atoms with Crippen molar-refractivity contribution in [3.05, 3.63) is 94.8 Å². The molecule has 1 amide bonds. The van der Waals surface area contributed by atoms with E-state index in [0.717, 1.165) is 28.8 Å². The van der Waals surface area contributed by atoms with Gasteiger partial charge in [0, 0.05) is 5.56 Å². The second-order valence-electron chi connectivity index (χ2n) is 7.92. The molecule has 2 heterocycles. The first-order chi connectivity index (χ1) is 16.4. The minimum Gasteiger partial charge on any atom is -0.508 e. The van der Waals surface area contributed by atoms with Crippen LogP contribution >= 0.6 is 11.3 Å². The minimum absolute atomic E-state index is 0.0539. The molecule has 4 aromatic rings. The van der Waals surface area contributed by atoms with Gasteiger partial charge in [0.05, 0.1) is 21.8 Å². The number of hydrogen-bond acceptors (Lipinski definition) is 6. The van der Waals surface area contributed by atoms with Crippen molar-refractivity contribution in [1.29, 1.82) is 0 Å². The lowest BCUT2D eigenvalue weighted by Gasteiger charge is -2.23. The zero-order valence-electron chi connectivity index (χ0n) is 18.0. The van der Waals surface area contributed by atoms with Crippen LogP contribution in [-0.4, -0.2) is 26.9 Å². The predicted molar refractivity (Wildman–Crippen MR) is 128 cm³/mol. The molecule has 1 aromatic heterocycles. The number of amides is 1. The van der Waals surface area contributed by atoms with E-state index in [9.17, 15) is 24.2 Å². The summed E-state index contributed by atoms with van der Waals surface area (Å²) in [6.07, 6.45) is 0.842. The van der Waals surface area contributed by atoms with Gasteiger partial charge in [0.15, 0.2) is 5.13 Å². The molecule has 170 valence electrons. The molecule has 1 fully saturated rings. The normalized spacial score (nSPS) is 17.6. The van der Waals surface area contributed by atoms with Gasteiger partial charge in [-0.3, -0.25) is 14.5 Å². The maximum Gasteiger partial charge on any atom is 0.301 e. The first-order valence-electron chi connectivity index (χ1n) is 10.6. The molecule has 0 spiro atoms. The van der Waals surface area contributed by atoms with Crippen LogP contribution in [0, 0.1) is 5.82 Å². The second-order valence-corrected chi connectivity index (χ2v) is 8.93. The fourth-order valence-electron chi connectivity index (χ4n) is 4.08. The lowest BCUT2D eigenvalue weighted by molar-refractivity contribution is -0.132. The predicted octanol–water partition coefficient (Wildman–Crippen LogP) is 5.33. The topological polar surface area (TPSA) is 90.7 Å². The number of anilines is 1. The number of rotatable bonds is 4. The molecular formula is C26H19FN2O4S. The number of aliphatic hydroxyl groups excluding tert-OH is 1. The molecule has 5 rings (SSSR count). The molecule has 2 N–H and O–H groups in total. The number of aryl methyl sites for hydroxylation is 1. The van der Waals surface area contributed by atoms with Crippen LogP contribution in [0.3, 0.4) is 0 Å². The van der Waals surface area contributed by atoms with Crippen LogP contribution in [-0.2, 0) is 16.0 Å². The number of hydrogen-bond donors (Lipinski definition) is 2. The van der Waals surface area contributed by atoms with E-state index in [2.05, 4.69) is 4.98 Å². The number of carbonyl (C=O) groups excluding carboxylic acids is 2. The number of benzene rings is 3. The van der Waals surface area contributed by atoms with Gasteiger partial charge in [0.1, 0.15) is 17.3 Å². The molecule has 0 radical (unpaired) electrons. The number of aromatic hydroxyl groups is 1. The molecule has 0 aliphatic carbocycles. The van der Waals surface area contributed by atoms with Crippen LogP contribution in [0.15, 0.2) is 72.3 Å². The number of halogens is 1. The van der Waals surface area contributed by atoms with Crippen LogP contribution in [0.1, 0.15) is 29.7 Å². The van der Waals surface area contributed by atoms with Gasteiger partial charge in [-0.2, -0.15) is 0 Å². The van der Waals surface area contributed by atoms with E-state index in [1.165, 1.54) is 40.5 Å². The van der Waals surface area contributed by atoms with Crippen molar-refractivity contribution in [2.24, 2.45) is 0 Å². The highest BCUT2D eigenvalue weighted by atomic mass is 32.1. The van der Waals surface area contributed by atoms with Crippen LogP contribution in [0.25, 0.3) is 16.0 Å². The number of thiazole rings is 1. The monoisotopic (exact) mass is 474 g/mol. The smallest absolute Gasteiger partial charge is 0.301 e. The zero-order valence-corrected chi connectivity index (χ0v) is 18.8. The van der Waals surface area contributed by atoms with Gasteiger partial charge in [0.2, 0.25) is 0 Å². The summed E-state index contributed by atoms with van der Waals surface area (Å²) in [5.74, 6) is -2.71. The fraction of sp³-hybridized carbons (Fsp3) is 0.115. The van der Waals surface area contributed by atoms with E-state index >= 15 is 0 Å². The van der Waals surface area contributed by atoms with Crippen LogP contribution in [0.4, 0.5) is 9.52 Å². The van der Waals surface area contributed by atoms with Crippen molar-refractivity contribution >= 4 is 44.1 Å². The van der Waals surface area contributed by atoms with Crippen molar-refractivity contribution in [1.82, 2.24) is 4.98 Å². The average molecular weight is 475 g/mol. The molecule has 1 saturated heterocycles. The highest BCUT2D eigenvalue weighted by Gasteiger charge is 2.48. The SMILES string of the molecule is CCc1ccc2nc(N3C(=O)C(=O)/C(=C(/O)c4ccc(F)cc4)[C@@H]3c3cccc(O)c3)sc2c1. The van der Waals surface area contributed by atoms with Gasteiger partial charge in [-0.25, -0.2) is 9.37 Å². The first kappa shape index (κ1) is 21.8. The Balaban J connectivity index is 1.72. The third-order valence-corrected chi connectivity index (χ3v) is 6.82.